The second-order valence-electron chi connectivity index (χ2n) is 9.25. The van der Waals surface area contributed by atoms with E-state index in [0.717, 1.165) is 11.1 Å². The molecule has 0 radical (unpaired) electrons. The number of amides is 2. The fourth-order valence-corrected chi connectivity index (χ4v) is 4.70. The number of nitrogens with one attached hydrogen (secondary N) is 3. The maximum atomic E-state index is 13.3. The Morgan fingerprint density at radius 3 is 2.41 bits per heavy atom. The molecule has 1 aliphatic carbocycles. The monoisotopic (exact) mass is 541 g/mol. The normalized spacial score (nSPS) is 14.5. The van der Waals surface area contributed by atoms with Gasteiger partial charge in [0.2, 0.25) is 23.0 Å². The van der Waals surface area contributed by atoms with Crippen LogP contribution < -0.4 is 35.6 Å². The third-order valence-electron chi connectivity index (χ3n) is 6.56. The first-order valence-electron chi connectivity index (χ1n) is 12.6. The zero-order chi connectivity index (χ0) is 28.7. The van der Waals surface area contributed by atoms with E-state index in [1.807, 2.05) is 12.1 Å². The van der Waals surface area contributed by atoms with Gasteiger partial charge in [0, 0.05) is 25.5 Å². The second kappa shape index (κ2) is 13.0. The van der Waals surface area contributed by atoms with Crippen molar-refractivity contribution in [3.05, 3.63) is 45.6 Å². The summed E-state index contributed by atoms with van der Waals surface area (Å²) in [7, 11) is 4.61. The van der Waals surface area contributed by atoms with Crippen LogP contribution in [0.4, 0.5) is 5.69 Å². The molecule has 0 spiro atoms. The molecule has 4 N–H and O–H groups in total. The Labute approximate surface area is 226 Å². The number of benzene rings is 1. The van der Waals surface area contributed by atoms with E-state index in [1.54, 1.807) is 13.2 Å². The number of methoxy groups -OCH3 is 3. The second-order valence-corrected chi connectivity index (χ2v) is 9.25. The molecular weight excluding hydrogens is 506 g/mol. The van der Waals surface area contributed by atoms with Crippen LogP contribution in [0.15, 0.2) is 29.1 Å². The summed E-state index contributed by atoms with van der Waals surface area (Å²) in [5, 5.41) is 17.4. The van der Waals surface area contributed by atoms with E-state index < -0.39 is 18.1 Å². The molecule has 0 fully saturated rings. The van der Waals surface area contributed by atoms with E-state index in [9.17, 15) is 19.2 Å². The number of anilines is 1. The van der Waals surface area contributed by atoms with E-state index in [-0.39, 0.29) is 23.7 Å². The molecule has 2 atom stereocenters. The average Bonchev–Trinajstić information content (AvgIpc) is 3.13. The molecule has 0 unspecified atom stereocenters. The summed E-state index contributed by atoms with van der Waals surface area (Å²) in [4.78, 5) is 48.2. The van der Waals surface area contributed by atoms with Gasteiger partial charge in [0.05, 0.1) is 33.1 Å². The summed E-state index contributed by atoms with van der Waals surface area (Å²) < 4.78 is 16.9. The van der Waals surface area contributed by atoms with E-state index in [4.69, 9.17) is 19.3 Å². The molecule has 0 bridgehead atoms. The molecule has 0 saturated carbocycles. The molecule has 2 aromatic rings. The number of aryl methyl sites for hydroxylation is 1. The molecule has 210 valence electrons. The molecule has 0 aromatic heterocycles. The maximum absolute atomic E-state index is 13.3. The lowest BCUT2D eigenvalue weighted by Crippen LogP contribution is -2.38. The minimum atomic E-state index is -1.11. The Hall–Kier alpha value is -4.28. The van der Waals surface area contributed by atoms with Crippen LogP contribution in [-0.2, 0) is 20.8 Å². The minimum Gasteiger partial charge on any atom is -0.493 e. The first-order chi connectivity index (χ1) is 18.6. The van der Waals surface area contributed by atoms with Gasteiger partial charge in [0.15, 0.2) is 11.5 Å². The lowest BCUT2D eigenvalue weighted by molar-refractivity contribution is -0.141. The Bertz CT molecular complexity index is 1310. The smallest absolute Gasteiger partial charge is 0.325 e. The van der Waals surface area contributed by atoms with Gasteiger partial charge in [-0.25, -0.2) is 0 Å². The highest BCUT2D eigenvalue weighted by atomic mass is 16.5. The number of carboxylic acid groups (broad SMARTS) is 1. The van der Waals surface area contributed by atoms with E-state index in [0.29, 0.717) is 59.9 Å². The SMILES string of the molecule is COc1cc2c(c(OC)c1OC)-c1ccc(NCCCC(=O)N[C@H](C)C(=O)O)c(=O)cc1[C@H](NC(C)=O)CC2. The Morgan fingerprint density at radius 2 is 1.79 bits per heavy atom. The number of fused-ring (bicyclic) bond motifs is 3. The summed E-state index contributed by atoms with van der Waals surface area (Å²) in [5.41, 5.74) is 3.08. The van der Waals surface area contributed by atoms with Crippen LogP contribution in [-0.4, -0.2) is 56.8 Å². The Morgan fingerprint density at radius 1 is 1.08 bits per heavy atom. The lowest BCUT2D eigenvalue weighted by atomic mass is 9.95. The quantitative estimate of drug-likeness (QED) is 0.315. The topological polar surface area (TPSA) is 152 Å². The van der Waals surface area contributed by atoms with Crippen molar-refractivity contribution < 1.29 is 33.7 Å². The van der Waals surface area contributed by atoms with Gasteiger partial charge < -0.3 is 35.3 Å². The van der Waals surface area contributed by atoms with E-state index >= 15 is 0 Å². The van der Waals surface area contributed by atoms with Gasteiger partial charge in [0.25, 0.3) is 0 Å². The highest BCUT2D eigenvalue weighted by Crippen LogP contribution is 2.50. The molecular formula is C28H35N3O8. The van der Waals surface area contributed by atoms with Crippen molar-refractivity contribution in [2.24, 2.45) is 0 Å². The van der Waals surface area contributed by atoms with Crippen molar-refractivity contribution in [3.8, 4) is 28.4 Å². The maximum Gasteiger partial charge on any atom is 0.325 e. The van der Waals surface area contributed by atoms with Gasteiger partial charge >= 0.3 is 5.97 Å². The lowest BCUT2D eigenvalue weighted by Gasteiger charge is -2.19. The highest BCUT2D eigenvalue weighted by Gasteiger charge is 2.29. The van der Waals surface area contributed by atoms with Crippen LogP contribution in [0.5, 0.6) is 17.2 Å². The van der Waals surface area contributed by atoms with Crippen LogP contribution in [0.2, 0.25) is 0 Å². The molecule has 3 rings (SSSR count). The molecule has 0 saturated heterocycles. The summed E-state index contributed by atoms with van der Waals surface area (Å²) in [6.07, 6.45) is 1.63. The highest BCUT2D eigenvalue weighted by molar-refractivity contribution is 5.84. The predicted octanol–water partition coefficient (Wildman–Crippen LogP) is 2.64. The third-order valence-corrected chi connectivity index (χ3v) is 6.56. The number of carbonyl (C=O) groups excluding carboxylic acids is 2. The number of hydrogen-bond donors (Lipinski definition) is 4. The van der Waals surface area contributed by atoms with Crippen LogP contribution in [0, 0.1) is 0 Å². The Kier molecular flexibility index (Phi) is 9.75. The van der Waals surface area contributed by atoms with Crippen molar-refractivity contribution in [1.29, 1.82) is 0 Å². The van der Waals surface area contributed by atoms with Gasteiger partial charge in [0.1, 0.15) is 6.04 Å². The zero-order valence-corrected chi connectivity index (χ0v) is 22.8. The number of carbonyl (C=O) groups is 3. The summed E-state index contributed by atoms with van der Waals surface area (Å²) >= 11 is 0. The first kappa shape index (κ1) is 29.3. The molecule has 2 aromatic carbocycles. The van der Waals surface area contributed by atoms with Gasteiger partial charge in [-0.1, -0.05) is 6.07 Å². The summed E-state index contributed by atoms with van der Waals surface area (Å²) in [6.45, 7) is 3.15. The van der Waals surface area contributed by atoms with Crippen molar-refractivity contribution in [3.63, 3.8) is 0 Å². The van der Waals surface area contributed by atoms with Crippen LogP contribution >= 0.6 is 0 Å². The van der Waals surface area contributed by atoms with Crippen molar-refractivity contribution in [2.45, 2.75) is 51.6 Å². The van der Waals surface area contributed by atoms with Gasteiger partial charge in [-0.2, -0.15) is 0 Å². The molecule has 11 nitrogen and oxygen atoms in total. The van der Waals surface area contributed by atoms with Gasteiger partial charge in [-0.3, -0.25) is 19.2 Å². The average molecular weight is 542 g/mol. The van der Waals surface area contributed by atoms with Crippen LogP contribution in [0.1, 0.15) is 50.3 Å². The van der Waals surface area contributed by atoms with Crippen molar-refractivity contribution in [1.82, 2.24) is 10.6 Å². The number of rotatable bonds is 11. The number of aliphatic carboxylic acids is 1. The van der Waals surface area contributed by atoms with Gasteiger partial charge in [-0.15, -0.1) is 0 Å². The van der Waals surface area contributed by atoms with Crippen molar-refractivity contribution >= 4 is 23.5 Å². The third kappa shape index (κ3) is 6.78. The minimum absolute atomic E-state index is 0.102. The standard InChI is InChI=1S/C28H35N3O8/c1-15(28(35)36)30-24(34)7-6-12-29-21-11-9-18-19(14-22(21)33)20(31-16(2)32)10-8-17-13-23(37-3)26(38-4)27(39-5)25(17)18/h9,11,13-15,20H,6-8,10,12H2,1-5H3,(H,29,33)(H,30,34)(H,31,32)(H,35,36)/t15-,20-/m1/s1. The first-order valence-corrected chi connectivity index (χ1v) is 12.6. The predicted molar refractivity (Wildman–Crippen MR) is 146 cm³/mol. The number of ether oxygens (including phenoxy) is 3. The molecule has 2 amide bonds. The largest absolute Gasteiger partial charge is 0.493 e. The Balaban J connectivity index is 2.00. The van der Waals surface area contributed by atoms with E-state index in [2.05, 4.69) is 16.0 Å². The van der Waals surface area contributed by atoms with Gasteiger partial charge in [-0.05, 0) is 61.1 Å². The molecule has 1 aliphatic rings. The molecule has 0 aliphatic heterocycles. The molecule has 0 heterocycles. The fourth-order valence-electron chi connectivity index (χ4n) is 4.70. The summed E-state index contributed by atoms with van der Waals surface area (Å²) in [6, 6.07) is 5.50. The van der Waals surface area contributed by atoms with Crippen LogP contribution in [0.3, 0.4) is 0 Å². The van der Waals surface area contributed by atoms with E-state index in [1.165, 1.54) is 34.1 Å². The number of carboxylic acids is 1. The summed E-state index contributed by atoms with van der Waals surface area (Å²) in [5.74, 6) is -0.309. The fraction of sp³-hybridized carbons (Fsp3) is 0.429. The van der Waals surface area contributed by atoms with Crippen LogP contribution in [0.25, 0.3) is 11.1 Å². The number of hydrogen-bond acceptors (Lipinski definition) is 8. The zero-order valence-electron chi connectivity index (χ0n) is 22.8. The van der Waals surface area contributed by atoms with Crippen molar-refractivity contribution in [2.75, 3.05) is 33.2 Å². The molecule has 39 heavy (non-hydrogen) atoms. The molecule has 11 heteroatoms.